The Labute approximate surface area is 179 Å². The number of nitrogens with zero attached hydrogens (tertiary/aromatic N) is 2. The van der Waals surface area contributed by atoms with E-state index in [-0.39, 0.29) is 5.78 Å². The van der Waals surface area contributed by atoms with Crippen molar-refractivity contribution in [2.45, 2.75) is 6.92 Å². The van der Waals surface area contributed by atoms with Gasteiger partial charge in [-0.2, -0.15) is 0 Å². The molecule has 6 rings (SSSR count). The number of hydrogen-bond acceptors (Lipinski definition) is 3. The van der Waals surface area contributed by atoms with Gasteiger partial charge in [0.2, 0.25) is 0 Å². The maximum absolute atomic E-state index is 12.6. The standard InChI is InChI=1S/C28H18N2O/c1-17(31)25-20-8-2-4-10-22(20)26(23-11-5-3-9-21(23)25)24-15-14-19-13-12-18-7-6-16-29-27(18)28(19)30-24/h2-16H,1H3. The van der Waals surface area contributed by atoms with E-state index in [1.807, 2.05) is 48.7 Å². The quantitative estimate of drug-likeness (QED) is 0.180. The molecule has 4 aromatic carbocycles. The summed E-state index contributed by atoms with van der Waals surface area (Å²) in [5, 5.41) is 6.12. The van der Waals surface area contributed by atoms with E-state index in [4.69, 9.17) is 4.98 Å². The van der Waals surface area contributed by atoms with Gasteiger partial charge in [0.05, 0.1) is 16.7 Å². The molecule has 0 amide bonds. The zero-order valence-corrected chi connectivity index (χ0v) is 17.0. The Balaban J connectivity index is 1.79. The van der Waals surface area contributed by atoms with Gasteiger partial charge in [-0.3, -0.25) is 9.78 Å². The third kappa shape index (κ3) is 2.63. The van der Waals surface area contributed by atoms with Crippen LogP contribution in [0.15, 0.2) is 91.1 Å². The van der Waals surface area contributed by atoms with Crippen LogP contribution in [0.25, 0.3) is 54.6 Å². The second-order valence-corrected chi connectivity index (χ2v) is 7.81. The molecule has 0 unspecified atom stereocenters. The number of ketones is 1. The first-order valence-corrected chi connectivity index (χ1v) is 10.3. The molecular formula is C28H18N2O. The van der Waals surface area contributed by atoms with Crippen LogP contribution < -0.4 is 0 Å². The van der Waals surface area contributed by atoms with Gasteiger partial charge < -0.3 is 0 Å². The fourth-order valence-corrected chi connectivity index (χ4v) is 4.65. The number of hydrogen-bond donors (Lipinski definition) is 0. The fourth-order valence-electron chi connectivity index (χ4n) is 4.65. The molecule has 6 aromatic rings. The number of fused-ring (bicyclic) bond motifs is 5. The first-order valence-electron chi connectivity index (χ1n) is 10.3. The Morgan fingerprint density at radius 1 is 0.645 bits per heavy atom. The summed E-state index contributed by atoms with van der Waals surface area (Å²) in [7, 11) is 0. The third-order valence-corrected chi connectivity index (χ3v) is 5.97. The molecule has 0 aliphatic carbocycles. The van der Waals surface area contributed by atoms with Crippen molar-refractivity contribution in [2.75, 3.05) is 0 Å². The molecule has 0 radical (unpaired) electrons. The maximum atomic E-state index is 12.6. The smallest absolute Gasteiger partial charge is 0.161 e. The number of aromatic nitrogens is 2. The number of pyridine rings is 2. The van der Waals surface area contributed by atoms with Gasteiger partial charge in [0.25, 0.3) is 0 Å². The molecular weight excluding hydrogens is 380 g/mol. The molecule has 2 heterocycles. The summed E-state index contributed by atoms with van der Waals surface area (Å²) in [6.07, 6.45) is 1.81. The summed E-state index contributed by atoms with van der Waals surface area (Å²) in [6, 6.07) is 28.6. The minimum absolute atomic E-state index is 0.0700. The Hall–Kier alpha value is -4.11. The van der Waals surface area contributed by atoms with Gasteiger partial charge in [-0.1, -0.05) is 72.8 Å². The zero-order chi connectivity index (χ0) is 20.9. The molecule has 0 aliphatic rings. The van der Waals surface area contributed by atoms with Crippen molar-refractivity contribution in [3.05, 3.63) is 96.7 Å². The minimum atomic E-state index is 0.0700. The second kappa shape index (κ2) is 6.71. The van der Waals surface area contributed by atoms with Crippen molar-refractivity contribution >= 4 is 49.1 Å². The molecule has 146 valence electrons. The molecule has 0 saturated heterocycles. The Kier molecular flexibility index (Phi) is 3.84. The Morgan fingerprint density at radius 3 is 1.87 bits per heavy atom. The maximum Gasteiger partial charge on any atom is 0.161 e. The lowest BCUT2D eigenvalue weighted by atomic mass is 9.88. The highest BCUT2D eigenvalue weighted by atomic mass is 16.1. The van der Waals surface area contributed by atoms with Crippen molar-refractivity contribution in [1.82, 2.24) is 9.97 Å². The van der Waals surface area contributed by atoms with E-state index < -0.39 is 0 Å². The second-order valence-electron chi connectivity index (χ2n) is 7.81. The van der Waals surface area contributed by atoms with Crippen LogP contribution in [-0.2, 0) is 0 Å². The highest BCUT2D eigenvalue weighted by molar-refractivity contribution is 6.24. The van der Waals surface area contributed by atoms with Crippen molar-refractivity contribution in [3.8, 4) is 11.3 Å². The summed E-state index contributed by atoms with van der Waals surface area (Å²) < 4.78 is 0. The average molecular weight is 398 g/mol. The fraction of sp³-hybridized carbons (Fsp3) is 0.0357. The monoisotopic (exact) mass is 398 g/mol. The van der Waals surface area contributed by atoms with Crippen molar-refractivity contribution in [2.24, 2.45) is 0 Å². The van der Waals surface area contributed by atoms with E-state index in [9.17, 15) is 4.79 Å². The van der Waals surface area contributed by atoms with Gasteiger partial charge >= 0.3 is 0 Å². The minimum Gasteiger partial charge on any atom is -0.294 e. The molecule has 0 atom stereocenters. The Morgan fingerprint density at radius 2 is 1.23 bits per heavy atom. The van der Waals surface area contributed by atoms with E-state index in [1.54, 1.807) is 6.92 Å². The molecule has 0 aliphatic heterocycles. The molecule has 31 heavy (non-hydrogen) atoms. The van der Waals surface area contributed by atoms with Gasteiger partial charge in [0.1, 0.15) is 0 Å². The predicted molar refractivity (Wildman–Crippen MR) is 127 cm³/mol. The number of carbonyl (C=O) groups excluding carboxylic acids is 1. The average Bonchev–Trinajstić information content (AvgIpc) is 2.81. The summed E-state index contributed by atoms with van der Waals surface area (Å²) >= 11 is 0. The van der Waals surface area contributed by atoms with Gasteiger partial charge in [-0.05, 0) is 40.6 Å². The largest absolute Gasteiger partial charge is 0.294 e. The van der Waals surface area contributed by atoms with Crippen LogP contribution in [0, 0.1) is 0 Å². The lowest BCUT2D eigenvalue weighted by Crippen LogP contribution is -1.99. The Bertz CT molecular complexity index is 1610. The first kappa shape index (κ1) is 17.7. The number of carbonyl (C=O) groups is 1. The van der Waals surface area contributed by atoms with Crippen molar-refractivity contribution in [3.63, 3.8) is 0 Å². The van der Waals surface area contributed by atoms with Crippen LogP contribution in [0.5, 0.6) is 0 Å². The van der Waals surface area contributed by atoms with Gasteiger partial charge in [-0.25, -0.2) is 4.98 Å². The zero-order valence-electron chi connectivity index (χ0n) is 17.0. The lowest BCUT2D eigenvalue weighted by Gasteiger charge is -2.15. The SMILES string of the molecule is CC(=O)c1c2ccccc2c(-c2ccc3ccc4cccnc4c3n2)c2ccccc12. The van der Waals surface area contributed by atoms with Crippen LogP contribution in [0.2, 0.25) is 0 Å². The molecule has 0 fully saturated rings. The lowest BCUT2D eigenvalue weighted by molar-refractivity contribution is 0.102. The van der Waals surface area contributed by atoms with E-state index in [0.717, 1.165) is 60.2 Å². The summed E-state index contributed by atoms with van der Waals surface area (Å²) in [5.74, 6) is 0.0700. The molecule has 0 spiro atoms. The van der Waals surface area contributed by atoms with Crippen LogP contribution in [0.4, 0.5) is 0 Å². The van der Waals surface area contributed by atoms with Crippen LogP contribution in [0.1, 0.15) is 17.3 Å². The normalized spacial score (nSPS) is 11.5. The highest BCUT2D eigenvalue weighted by Gasteiger charge is 2.18. The molecule has 3 nitrogen and oxygen atoms in total. The van der Waals surface area contributed by atoms with E-state index in [0.29, 0.717) is 0 Å². The summed E-state index contributed by atoms with van der Waals surface area (Å²) in [5.41, 5.74) is 4.48. The number of rotatable bonds is 2. The molecule has 2 aromatic heterocycles. The summed E-state index contributed by atoms with van der Waals surface area (Å²) in [6.45, 7) is 1.64. The predicted octanol–water partition coefficient (Wildman–Crippen LogP) is 6.96. The molecule has 3 heteroatoms. The van der Waals surface area contributed by atoms with Crippen LogP contribution in [-0.4, -0.2) is 15.8 Å². The number of benzene rings is 4. The van der Waals surface area contributed by atoms with E-state index in [1.165, 1.54) is 0 Å². The van der Waals surface area contributed by atoms with Gasteiger partial charge in [-0.15, -0.1) is 0 Å². The van der Waals surface area contributed by atoms with Crippen LogP contribution in [0.3, 0.4) is 0 Å². The van der Waals surface area contributed by atoms with Gasteiger partial charge in [0.15, 0.2) is 5.78 Å². The number of Topliss-reactive ketones (excluding diaryl/α,β-unsaturated/α-hetero) is 1. The first-order chi connectivity index (χ1) is 15.2. The molecule has 0 bridgehead atoms. The topological polar surface area (TPSA) is 42.9 Å². The third-order valence-electron chi connectivity index (χ3n) is 5.97. The van der Waals surface area contributed by atoms with Gasteiger partial charge in [0, 0.05) is 28.1 Å². The highest BCUT2D eigenvalue weighted by Crippen LogP contribution is 2.39. The molecule has 0 N–H and O–H groups in total. The van der Waals surface area contributed by atoms with E-state index >= 15 is 0 Å². The van der Waals surface area contributed by atoms with Crippen LogP contribution >= 0.6 is 0 Å². The van der Waals surface area contributed by atoms with Crippen molar-refractivity contribution < 1.29 is 4.79 Å². The van der Waals surface area contributed by atoms with Crippen molar-refractivity contribution in [1.29, 1.82) is 0 Å². The summed E-state index contributed by atoms with van der Waals surface area (Å²) in [4.78, 5) is 22.3. The molecule has 0 saturated carbocycles. The van der Waals surface area contributed by atoms with E-state index in [2.05, 4.69) is 47.4 Å².